The molecule has 0 amide bonds. The zero-order valence-corrected chi connectivity index (χ0v) is 10.7. The summed E-state index contributed by atoms with van der Waals surface area (Å²) in [5, 5.41) is 5.72. The molecule has 0 spiro atoms. The molecule has 2 unspecified atom stereocenters. The summed E-state index contributed by atoms with van der Waals surface area (Å²) in [6.07, 6.45) is 3.51. The molecule has 2 aromatic rings. The van der Waals surface area contributed by atoms with Gasteiger partial charge in [0.2, 0.25) is 0 Å². The predicted molar refractivity (Wildman–Crippen MR) is 67.7 cm³/mol. The van der Waals surface area contributed by atoms with E-state index in [4.69, 9.17) is 4.42 Å². The Morgan fingerprint density at radius 2 is 2.06 bits per heavy atom. The molecule has 86 valence electrons. The van der Waals surface area contributed by atoms with Gasteiger partial charge < -0.3 is 9.73 Å². The number of thiophene rings is 1. The second kappa shape index (κ2) is 4.85. The van der Waals surface area contributed by atoms with E-state index in [9.17, 15) is 0 Å². The van der Waals surface area contributed by atoms with Crippen LogP contribution in [0.15, 0.2) is 34.5 Å². The molecule has 0 aliphatic carbocycles. The molecule has 0 bridgehead atoms. The Morgan fingerprint density at radius 1 is 1.25 bits per heavy atom. The van der Waals surface area contributed by atoms with Crippen molar-refractivity contribution in [2.24, 2.45) is 0 Å². The van der Waals surface area contributed by atoms with Crippen LogP contribution >= 0.6 is 11.3 Å². The molecule has 0 aliphatic heterocycles. The Balaban J connectivity index is 2.03. The van der Waals surface area contributed by atoms with Crippen molar-refractivity contribution >= 4 is 11.3 Å². The van der Waals surface area contributed by atoms with Crippen LogP contribution in [0.25, 0.3) is 0 Å². The van der Waals surface area contributed by atoms with Crippen molar-refractivity contribution in [2.45, 2.75) is 32.9 Å². The van der Waals surface area contributed by atoms with Crippen molar-refractivity contribution in [2.75, 3.05) is 0 Å². The van der Waals surface area contributed by atoms with Crippen molar-refractivity contribution in [3.05, 3.63) is 46.0 Å². The summed E-state index contributed by atoms with van der Waals surface area (Å²) >= 11 is 1.81. The number of hydrogen-bond donors (Lipinski definition) is 1. The molecule has 0 saturated heterocycles. The second-order valence-electron chi connectivity index (χ2n) is 4.13. The molecular weight excluding hydrogens is 218 g/mol. The van der Waals surface area contributed by atoms with E-state index in [-0.39, 0.29) is 0 Å². The van der Waals surface area contributed by atoms with Crippen LogP contribution in [0.2, 0.25) is 0 Å². The lowest BCUT2D eigenvalue weighted by molar-refractivity contribution is 0.490. The lowest BCUT2D eigenvalue weighted by Crippen LogP contribution is -2.21. The normalized spacial score (nSPS) is 14.9. The second-order valence-corrected chi connectivity index (χ2v) is 5.08. The first-order valence-corrected chi connectivity index (χ1v) is 6.38. The Bertz CT molecular complexity index is 432. The lowest BCUT2D eigenvalue weighted by atomic mass is 10.1. The summed E-state index contributed by atoms with van der Waals surface area (Å²) in [4.78, 5) is 1.41. The molecule has 0 radical (unpaired) electrons. The minimum atomic E-state index is 0.315. The molecule has 0 aromatic carbocycles. The molecule has 2 heterocycles. The van der Waals surface area contributed by atoms with E-state index < -0.39 is 0 Å². The summed E-state index contributed by atoms with van der Waals surface area (Å²) in [5.74, 6) is 0. The smallest absolute Gasteiger partial charge is 0.0950 e. The van der Waals surface area contributed by atoms with E-state index in [1.165, 1.54) is 16.0 Å². The number of aryl methyl sites for hydroxylation is 1. The molecule has 2 atom stereocenters. The van der Waals surface area contributed by atoms with Gasteiger partial charge in [0.1, 0.15) is 0 Å². The maximum atomic E-state index is 5.09. The van der Waals surface area contributed by atoms with Gasteiger partial charge in [-0.3, -0.25) is 0 Å². The predicted octanol–water partition coefficient (Wildman–Crippen LogP) is 4.06. The van der Waals surface area contributed by atoms with Crippen molar-refractivity contribution in [3.8, 4) is 0 Å². The molecule has 2 aromatic heterocycles. The average molecular weight is 235 g/mol. The SMILES string of the molecule is Cc1ccsc1C(C)NC(C)c1ccoc1. The maximum absolute atomic E-state index is 5.09. The van der Waals surface area contributed by atoms with Gasteiger partial charge in [-0.15, -0.1) is 11.3 Å². The fraction of sp³-hybridized carbons (Fsp3) is 0.385. The van der Waals surface area contributed by atoms with E-state index in [1.807, 2.05) is 17.4 Å². The van der Waals surface area contributed by atoms with Gasteiger partial charge in [0.05, 0.1) is 12.5 Å². The largest absolute Gasteiger partial charge is 0.472 e. The number of hydrogen-bond acceptors (Lipinski definition) is 3. The lowest BCUT2D eigenvalue weighted by Gasteiger charge is -2.18. The van der Waals surface area contributed by atoms with E-state index in [0.29, 0.717) is 12.1 Å². The molecule has 16 heavy (non-hydrogen) atoms. The first-order valence-electron chi connectivity index (χ1n) is 5.50. The highest BCUT2D eigenvalue weighted by molar-refractivity contribution is 7.10. The van der Waals surface area contributed by atoms with Crippen molar-refractivity contribution in [1.82, 2.24) is 5.32 Å². The van der Waals surface area contributed by atoms with Gasteiger partial charge >= 0.3 is 0 Å². The fourth-order valence-corrected chi connectivity index (χ4v) is 2.84. The molecule has 3 heteroatoms. The fourth-order valence-electron chi connectivity index (χ4n) is 1.90. The summed E-state index contributed by atoms with van der Waals surface area (Å²) in [5.41, 5.74) is 2.56. The topological polar surface area (TPSA) is 25.2 Å². The van der Waals surface area contributed by atoms with Gasteiger partial charge in [0, 0.05) is 22.5 Å². The van der Waals surface area contributed by atoms with E-state index in [0.717, 1.165) is 0 Å². The molecule has 1 N–H and O–H groups in total. The molecule has 0 aliphatic rings. The van der Waals surface area contributed by atoms with Gasteiger partial charge in [-0.25, -0.2) is 0 Å². The summed E-state index contributed by atoms with van der Waals surface area (Å²) < 4.78 is 5.09. The Kier molecular flexibility index (Phi) is 3.46. The Labute approximate surface area is 100 Å². The van der Waals surface area contributed by atoms with Crippen LogP contribution in [-0.2, 0) is 0 Å². The van der Waals surface area contributed by atoms with E-state index in [2.05, 4.69) is 37.5 Å². The number of furan rings is 1. The molecule has 0 fully saturated rings. The van der Waals surface area contributed by atoms with E-state index in [1.54, 1.807) is 12.5 Å². The zero-order valence-electron chi connectivity index (χ0n) is 9.86. The highest BCUT2D eigenvalue weighted by Crippen LogP contribution is 2.26. The van der Waals surface area contributed by atoms with Crippen molar-refractivity contribution in [1.29, 1.82) is 0 Å². The van der Waals surface area contributed by atoms with Crippen LogP contribution in [0.4, 0.5) is 0 Å². The highest BCUT2D eigenvalue weighted by atomic mass is 32.1. The molecular formula is C13H17NOS. The van der Waals surface area contributed by atoms with Crippen LogP contribution in [-0.4, -0.2) is 0 Å². The van der Waals surface area contributed by atoms with Gasteiger partial charge in [-0.1, -0.05) is 0 Å². The zero-order chi connectivity index (χ0) is 11.5. The van der Waals surface area contributed by atoms with Crippen LogP contribution in [0.5, 0.6) is 0 Å². The molecule has 2 nitrogen and oxygen atoms in total. The summed E-state index contributed by atoms with van der Waals surface area (Å²) in [6, 6.07) is 4.87. The standard InChI is InChI=1S/C13H17NOS/c1-9-5-7-16-13(9)11(3)14-10(2)12-4-6-15-8-12/h4-8,10-11,14H,1-3H3. The minimum absolute atomic E-state index is 0.315. The minimum Gasteiger partial charge on any atom is -0.472 e. The van der Waals surface area contributed by atoms with Gasteiger partial charge in [-0.2, -0.15) is 0 Å². The third-order valence-electron chi connectivity index (χ3n) is 2.84. The van der Waals surface area contributed by atoms with Crippen LogP contribution in [0.1, 0.15) is 41.9 Å². The quantitative estimate of drug-likeness (QED) is 0.864. The summed E-state index contributed by atoms with van der Waals surface area (Å²) in [7, 11) is 0. The first-order chi connectivity index (χ1) is 7.68. The van der Waals surface area contributed by atoms with Gasteiger partial charge in [-0.05, 0) is 43.8 Å². The monoisotopic (exact) mass is 235 g/mol. The molecule has 0 saturated carbocycles. The number of nitrogens with one attached hydrogen (secondary N) is 1. The van der Waals surface area contributed by atoms with Crippen LogP contribution in [0, 0.1) is 6.92 Å². The third-order valence-corrected chi connectivity index (χ3v) is 4.04. The average Bonchev–Trinajstić information content (AvgIpc) is 2.86. The van der Waals surface area contributed by atoms with Gasteiger partial charge in [0.25, 0.3) is 0 Å². The van der Waals surface area contributed by atoms with Crippen molar-refractivity contribution in [3.63, 3.8) is 0 Å². The molecule has 2 rings (SSSR count). The Hall–Kier alpha value is -1.06. The third kappa shape index (κ3) is 2.36. The summed E-state index contributed by atoms with van der Waals surface area (Å²) in [6.45, 7) is 6.52. The van der Waals surface area contributed by atoms with Gasteiger partial charge in [0.15, 0.2) is 0 Å². The first kappa shape index (κ1) is 11.4. The Morgan fingerprint density at radius 3 is 2.62 bits per heavy atom. The number of rotatable bonds is 4. The maximum Gasteiger partial charge on any atom is 0.0950 e. The van der Waals surface area contributed by atoms with E-state index >= 15 is 0 Å². The van der Waals surface area contributed by atoms with Crippen molar-refractivity contribution < 1.29 is 4.42 Å². The highest BCUT2D eigenvalue weighted by Gasteiger charge is 2.14. The van der Waals surface area contributed by atoms with Crippen LogP contribution in [0.3, 0.4) is 0 Å². The van der Waals surface area contributed by atoms with Crippen LogP contribution < -0.4 is 5.32 Å².